The Balaban J connectivity index is 1.28. The molecule has 1 atom stereocenters. The summed E-state index contributed by atoms with van der Waals surface area (Å²) >= 11 is 0. The zero-order valence-corrected chi connectivity index (χ0v) is 16.8. The normalized spacial score (nSPS) is 23.9. The molecule has 2 fully saturated rings. The smallest absolute Gasteiger partial charge is 0.285 e. The van der Waals surface area contributed by atoms with Gasteiger partial charge in [0, 0.05) is 44.0 Å². The summed E-state index contributed by atoms with van der Waals surface area (Å²) in [5, 5.41) is 0. The summed E-state index contributed by atoms with van der Waals surface area (Å²) in [6.07, 6.45) is 0.811. The highest BCUT2D eigenvalue weighted by Gasteiger charge is 2.39. The van der Waals surface area contributed by atoms with E-state index in [-0.39, 0.29) is 16.8 Å². The first-order chi connectivity index (χ1) is 14.0. The van der Waals surface area contributed by atoms with E-state index in [0.717, 1.165) is 18.7 Å². The Morgan fingerprint density at radius 1 is 0.862 bits per heavy atom. The molecule has 3 aliphatic rings. The minimum atomic E-state index is -3.61. The first-order valence-electron chi connectivity index (χ1n) is 9.84. The predicted molar refractivity (Wildman–Crippen MR) is 111 cm³/mol. The van der Waals surface area contributed by atoms with Crippen LogP contribution in [0, 0.1) is 0 Å². The highest BCUT2D eigenvalue weighted by Crippen LogP contribution is 2.29. The van der Waals surface area contributed by atoms with Crippen molar-refractivity contribution >= 4 is 27.5 Å². The van der Waals surface area contributed by atoms with E-state index >= 15 is 0 Å². The van der Waals surface area contributed by atoms with E-state index in [0.29, 0.717) is 37.6 Å². The van der Waals surface area contributed by atoms with Crippen LogP contribution in [0.1, 0.15) is 12.0 Å². The Morgan fingerprint density at radius 2 is 1.55 bits per heavy atom. The largest absolute Gasteiger partial charge is 0.353 e. The monoisotopic (exact) mass is 410 g/mol. The van der Waals surface area contributed by atoms with Crippen molar-refractivity contribution < 1.29 is 13.2 Å². The average Bonchev–Trinajstić information content (AvgIpc) is 3.26. The molecule has 7 nitrogen and oxygen atoms in total. The molecule has 0 aliphatic carbocycles. The third kappa shape index (κ3) is 3.12. The molecule has 1 amide bonds. The van der Waals surface area contributed by atoms with Crippen LogP contribution in [0.25, 0.3) is 0 Å². The van der Waals surface area contributed by atoms with Crippen LogP contribution in [0.4, 0.5) is 5.69 Å². The van der Waals surface area contributed by atoms with Gasteiger partial charge in [0.2, 0.25) is 5.91 Å². The number of sulfonamides is 1. The van der Waals surface area contributed by atoms with Crippen LogP contribution in [0.3, 0.4) is 0 Å². The number of amides is 1. The number of rotatable bonds is 2. The Kier molecular flexibility index (Phi) is 4.40. The van der Waals surface area contributed by atoms with Gasteiger partial charge < -0.3 is 9.80 Å². The number of hydrogen-bond acceptors (Lipinski definition) is 5. The number of anilines is 1. The number of hydrogen-bond donors (Lipinski definition) is 0. The number of benzene rings is 2. The van der Waals surface area contributed by atoms with E-state index in [1.807, 2.05) is 52.3 Å². The summed E-state index contributed by atoms with van der Waals surface area (Å²) in [7, 11) is -3.61. The molecule has 8 heteroatoms. The number of amidine groups is 1. The number of piperazine rings is 1. The summed E-state index contributed by atoms with van der Waals surface area (Å²) in [6.45, 7) is 3.45. The van der Waals surface area contributed by atoms with Crippen molar-refractivity contribution in [3.05, 3.63) is 60.2 Å². The summed E-state index contributed by atoms with van der Waals surface area (Å²) in [6, 6.07) is 16.6. The van der Waals surface area contributed by atoms with Gasteiger partial charge in [-0.15, -0.1) is 4.40 Å². The van der Waals surface area contributed by atoms with Gasteiger partial charge in [-0.05, 0) is 30.7 Å². The molecule has 3 aliphatic heterocycles. The Bertz CT molecular complexity index is 1080. The van der Waals surface area contributed by atoms with Crippen LogP contribution in [-0.4, -0.2) is 68.7 Å². The highest BCUT2D eigenvalue weighted by molar-refractivity contribution is 7.90. The summed E-state index contributed by atoms with van der Waals surface area (Å²) in [4.78, 5) is 19.3. The van der Waals surface area contributed by atoms with Gasteiger partial charge in [0.1, 0.15) is 4.90 Å². The molecule has 0 bridgehead atoms. The molecule has 0 saturated carbocycles. The minimum Gasteiger partial charge on any atom is -0.353 e. The van der Waals surface area contributed by atoms with Gasteiger partial charge in [0.25, 0.3) is 10.0 Å². The van der Waals surface area contributed by atoms with Crippen molar-refractivity contribution in [2.75, 3.05) is 37.6 Å². The molecule has 5 rings (SSSR count). The number of nitrogens with zero attached hydrogens (tertiary/aromatic N) is 4. The number of carbonyl (C=O) groups is 1. The lowest BCUT2D eigenvalue weighted by Gasteiger charge is -2.38. The maximum atomic E-state index is 13.0. The molecule has 0 N–H and O–H groups in total. The van der Waals surface area contributed by atoms with E-state index in [1.165, 1.54) is 0 Å². The second-order valence-corrected chi connectivity index (χ2v) is 9.11. The summed E-state index contributed by atoms with van der Waals surface area (Å²) in [5.74, 6) is 0.680. The van der Waals surface area contributed by atoms with Crippen LogP contribution in [0.5, 0.6) is 0 Å². The van der Waals surface area contributed by atoms with Crippen molar-refractivity contribution in [1.82, 2.24) is 9.80 Å². The molecule has 1 unspecified atom stereocenters. The first-order valence-corrected chi connectivity index (χ1v) is 11.3. The quantitative estimate of drug-likeness (QED) is 0.751. The first kappa shape index (κ1) is 18.3. The van der Waals surface area contributed by atoms with Crippen LogP contribution in [0.15, 0.2) is 63.9 Å². The predicted octanol–water partition coefficient (Wildman–Crippen LogP) is 1.56. The van der Waals surface area contributed by atoms with E-state index in [2.05, 4.69) is 9.30 Å². The van der Waals surface area contributed by atoms with Crippen LogP contribution < -0.4 is 4.90 Å². The fraction of sp³-hybridized carbons (Fsp3) is 0.333. The van der Waals surface area contributed by atoms with E-state index in [9.17, 15) is 13.2 Å². The van der Waals surface area contributed by atoms with Crippen molar-refractivity contribution in [2.24, 2.45) is 4.40 Å². The second-order valence-electron chi connectivity index (χ2n) is 7.54. The van der Waals surface area contributed by atoms with Crippen LogP contribution in [0.2, 0.25) is 0 Å². The molecular weight excluding hydrogens is 388 g/mol. The molecule has 0 spiro atoms. The van der Waals surface area contributed by atoms with Crippen LogP contribution >= 0.6 is 0 Å². The Labute approximate surface area is 170 Å². The van der Waals surface area contributed by atoms with Gasteiger partial charge in [-0.1, -0.05) is 30.3 Å². The molecule has 150 valence electrons. The van der Waals surface area contributed by atoms with E-state index < -0.39 is 10.0 Å². The fourth-order valence-corrected chi connectivity index (χ4v) is 5.66. The van der Waals surface area contributed by atoms with E-state index in [4.69, 9.17) is 0 Å². The van der Waals surface area contributed by atoms with Gasteiger partial charge in [-0.3, -0.25) is 9.69 Å². The highest BCUT2D eigenvalue weighted by atomic mass is 32.2. The summed E-state index contributed by atoms with van der Waals surface area (Å²) in [5.41, 5.74) is 1.62. The summed E-state index contributed by atoms with van der Waals surface area (Å²) < 4.78 is 28.7. The lowest BCUT2D eigenvalue weighted by Crippen LogP contribution is -2.53. The molecule has 3 heterocycles. The molecule has 2 aromatic carbocycles. The second kappa shape index (κ2) is 6.96. The van der Waals surface area contributed by atoms with Crippen molar-refractivity contribution in [3.8, 4) is 0 Å². The Morgan fingerprint density at radius 3 is 2.31 bits per heavy atom. The van der Waals surface area contributed by atoms with Crippen LogP contribution in [-0.2, 0) is 14.8 Å². The average molecular weight is 410 g/mol. The lowest BCUT2D eigenvalue weighted by atomic mass is 10.1. The van der Waals surface area contributed by atoms with Gasteiger partial charge in [0.15, 0.2) is 5.84 Å². The molecule has 2 aromatic rings. The third-order valence-electron chi connectivity index (χ3n) is 5.91. The van der Waals surface area contributed by atoms with Crippen molar-refractivity contribution in [1.29, 1.82) is 0 Å². The maximum Gasteiger partial charge on any atom is 0.285 e. The topological polar surface area (TPSA) is 73.3 Å². The van der Waals surface area contributed by atoms with Crippen molar-refractivity contribution in [2.45, 2.75) is 17.4 Å². The fourth-order valence-electron chi connectivity index (χ4n) is 4.43. The number of para-hydroxylation sites is 1. The minimum absolute atomic E-state index is 0.112. The molecular formula is C21H22N4O3S. The molecule has 2 saturated heterocycles. The zero-order valence-electron chi connectivity index (χ0n) is 15.9. The molecule has 0 radical (unpaired) electrons. The van der Waals surface area contributed by atoms with Crippen molar-refractivity contribution in [3.63, 3.8) is 0 Å². The van der Waals surface area contributed by atoms with Gasteiger partial charge in [0.05, 0.1) is 6.04 Å². The Hall–Kier alpha value is -2.71. The SMILES string of the molecule is O=C1C(N2CCN(C3=NS(=O)(=O)c4ccccc43)CC2)CCN1c1ccccc1. The third-order valence-corrected chi connectivity index (χ3v) is 7.24. The number of carbonyl (C=O) groups excluding carboxylic acids is 1. The lowest BCUT2D eigenvalue weighted by molar-refractivity contribution is -0.122. The number of fused-ring (bicyclic) bond motifs is 1. The molecule has 0 aromatic heterocycles. The van der Waals surface area contributed by atoms with Gasteiger partial charge >= 0.3 is 0 Å². The van der Waals surface area contributed by atoms with E-state index in [1.54, 1.807) is 12.1 Å². The molecule has 29 heavy (non-hydrogen) atoms. The van der Waals surface area contributed by atoms with Gasteiger partial charge in [-0.25, -0.2) is 0 Å². The zero-order chi connectivity index (χ0) is 20.0. The maximum absolute atomic E-state index is 13.0. The van der Waals surface area contributed by atoms with Gasteiger partial charge in [-0.2, -0.15) is 8.42 Å². The standard InChI is InChI=1S/C21H22N4O3S/c26-21-18(10-11-25(21)16-6-2-1-3-7-16)23-12-14-24(15-13-23)20-17-8-4-5-9-19(17)29(27,28)22-20/h1-9,18H,10-15H2.